The van der Waals surface area contributed by atoms with Gasteiger partial charge in [0, 0.05) is 18.2 Å². The predicted molar refractivity (Wildman–Crippen MR) is 63.1 cm³/mol. The van der Waals surface area contributed by atoms with Gasteiger partial charge in [0.1, 0.15) is 5.01 Å². The summed E-state index contributed by atoms with van der Waals surface area (Å²) in [7, 11) is 0. The van der Waals surface area contributed by atoms with Gasteiger partial charge in [-0.2, -0.15) is 0 Å². The zero-order valence-corrected chi connectivity index (χ0v) is 10.4. The number of carboxylic acids is 1. The number of aromatic nitrogens is 1. The summed E-state index contributed by atoms with van der Waals surface area (Å²) in [6.07, 6.45) is 2.17. The van der Waals surface area contributed by atoms with E-state index in [2.05, 4.69) is 4.98 Å². The zero-order chi connectivity index (χ0) is 13.1. The molecule has 2 heterocycles. The molecular weight excluding hydrogens is 256 g/mol. The van der Waals surface area contributed by atoms with Gasteiger partial charge in [-0.3, -0.25) is 14.5 Å². The summed E-state index contributed by atoms with van der Waals surface area (Å²) >= 11 is 1.14. The summed E-state index contributed by atoms with van der Waals surface area (Å²) in [6.45, 7) is 0.0790. The quantitative estimate of drug-likeness (QED) is 0.834. The molecule has 0 bridgehead atoms. The zero-order valence-electron chi connectivity index (χ0n) is 9.59. The van der Waals surface area contributed by atoms with E-state index in [0.717, 1.165) is 24.2 Å². The molecule has 1 aliphatic rings. The molecule has 18 heavy (non-hydrogen) atoms. The molecule has 1 N–H and O–H groups in total. The summed E-state index contributed by atoms with van der Waals surface area (Å²) in [5, 5.41) is 10.6. The Labute approximate surface area is 107 Å². The Balaban J connectivity index is 2.12. The third kappa shape index (κ3) is 2.73. The number of likely N-dealkylation sites (tertiary alicyclic amines) is 1. The van der Waals surface area contributed by atoms with E-state index in [4.69, 9.17) is 5.11 Å². The Bertz CT molecular complexity index is 479. The highest BCUT2D eigenvalue weighted by Gasteiger charge is 2.25. The minimum atomic E-state index is -1.11. The third-order valence-electron chi connectivity index (χ3n) is 2.70. The van der Waals surface area contributed by atoms with Crippen molar-refractivity contribution in [1.82, 2.24) is 9.88 Å². The number of aromatic carboxylic acids is 1. The van der Waals surface area contributed by atoms with Crippen molar-refractivity contribution < 1.29 is 19.5 Å². The first-order valence-electron chi connectivity index (χ1n) is 5.59. The molecule has 7 heteroatoms. The van der Waals surface area contributed by atoms with Crippen LogP contribution in [0.15, 0.2) is 5.38 Å². The van der Waals surface area contributed by atoms with Crippen LogP contribution in [0.1, 0.15) is 41.2 Å². The van der Waals surface area contributed by atoms with E-state index in [1.165, 1.54) is 10.3 Å². The minimum Gasteiger partial charge on any atom is -0.476 e. The maximum absolute atomic E-state index is 11.7. The van der Waals surface area contributed by atoms with Crippen molar-refractivity contribution in [2.45, 2.75) is 32.2 Å². The predicted octanol–water partition coefficient (Wildman–Crippen LogP) is 1.27. The summed E-state index contributed by atoms with van der Waals surface area (Å²) in [4.78, 5) is 39.2. The molecule has 0 saturated carbocycles. The molecule has 2 rings (SSSR count). The summed E-state index contributed by atoms with van der Waals surface area (Å²) in [6, 6.07) is 0. The van der Waals surface area contributed by atoms with Crippen molar-refractivity contribution in [1.29, 1.82) is 0 Å². The molecule has 1 aromatic rings. The van der Waals surface area contributed by atoms with Crippen molar-refractivity contribution in [3.05, 3.63) is 16.1 Å². The van der Waals surface area contributed by atoms with Crippen LogP contribution in [0.4, 0.5) is 0 Å². The third-order valence-corrected chi connectivity index (χ3v) is 3.53. The summed E-state index contributed by atoms with van der Waals surface area (Å²) in [5.41, 5.74) is -0.0512. The van der Waals surface area contributed by atoms with Crippen molar-refractivity contribution in [3.63, 3.8) is 0 Å². The lowest BCUT2D eigenvalue weighted by atomic mass is 10.2. The van der Waals surface area contributed by atoms with Gasteiger partial charge in [0.15, 0.2) is 5.69 Å². The van der Waals surface area contributed by atoms with Crippen LogP contribution in [0.2, 0.25) is 0 Å². The molecule has 96 valence electrons. The van der Waals surface area contributed by atoms with Gasteiger partial charge >= 0.3 is 5.97 Å². The lowest BCUT2D eigenvalue weighted by Crippen LogP contribution is -2.34. The maximum Gasteiger partial charge on any atom is 0.355 e. The van der Waals surface area contributed by atoms with Crippen LogP contribution in [0.3, 0.4) is 0 Å². The average molecular weight is 268 g/mol. The first-order valence-corrected chi connectivity index (χ1v) is 6.47. The van der Waals surface area contributed by atoms with Crippen molar-refractivity contribution in [3.8, 4) is 0 Å². The van der Waals surface area contributed by atoms with Gasteiger partial charge in [-0.15, -0.1) is 11.3 Å². The lowest BCUT2D eigenvalue weighted by Gasteiger charge is -2.16. The van der Waals surface area contributed by atoms with Gasteiger partial charge in [-0.05, 0) is 12.8 Å². The second kappa shape index (κ2) is 5.26. The van der Waals surface area contributed by atoms with Gasteiger partial charge in [0.05, 0.1) is 6.54 Å². The van der Waals surface area contributed by atoms with Crippen molar-refractivity contribution >= 4 is 29.1 Å². The fourth-order valence-electron chi connectivity index (χ4n) is 1.75. The average Bonchev–Trinajstić information content (AvgIpc) is 2.73. The van der Waals surface area contributed by atoms with Crippen molar-refractivity contribution in [2.24, 2.45) is 0 Å². The largest absolute Gasteiger partial charge is 0.476 e. The number of nitrogens with zero attached hydrogens (tertiary/aromatic N) is 2. The smallest absolute Gasteiger partial charge is 0.355 e. The molecule has 1 aromatic heterocycles. The molecule has 0 atom stereocenters. The Morgan fingerprint density at radius 3 is 2.44 bits per heavy atom. The van der Waals surface area contributed by atoms with E-state index in [-0.39, 0.29) is 24.1 Å². The minimum absolute atomic E-state index is 0.0512. The van der Waals surface area contributed by atoms with Gasteiger partial charge < -0.3 is 5.11 Å². The Kier molecular flexibility index (Phi) is 3.71. The van der Waals surface area contributed by atoms with Gasteiger partial charge in [0.25, 0.3) is 0 Å². The first-order chi connectivity index (χ1) is 8.58. The maximum atomic E-state index is 11.7. The van der Waals surface area contributed by atoms with Crippen LogP contribution in [0, 0.1) is 0 Å². The van der Waals surface area contributed by atoms with Gasteiger partial charge in [-0.25, -0.2) is 9.78 Å². The van der Waals surface area contributed by atoms with Crippen LogP contribution in [0.25, 0.3) is 0 Å². The standard InChI is InChI=1S/C11H12N2O4S/c14-9-3-1-2-4-10(15)13(9)5-8-12-7(6-18-8)11(16)17/h6H,1-5H2,(H,16,17). The second-order valence-corrected chi connectivity index (χ2v) is 4.96. The van der Waals surface area contributed by atoms with Crippen LogP contribution in [-0.4, -0.2) is 32.8 Å². The van der Waals surface area contributed by atoms with E-state index >= 15 is 0 Å². The number of thiazole rings is 1. The normalized spacial score (nSPS) is 16.8. The van der Waals surface area contributed by atoms with Crippen LogP contribution in [0.5, 0.6) is 0 Å². The van der Waals surface area contributed by atoms with E-state index in [1.54, 1.807) is 0 Å². The number of hydrogen-bond acceptors (Lipinski definition) is 5. The van der Waals surface area contributed by atoms with Crippen LogP contribution >= 0.6 is 11.3 Å². The molecule has 0 unspecified atom stereocenters. The van der Waals surface area contributed by atoms with E-state index in [0.29, 0.717) is 17.8 Å². The number of carbonyl (C=O) groups excluding carboxylic acids is 2. The molecule has 6 nitrogen and oxygen atoms in total. The summed E-state index contributed by atoms with van der Waals surface area (Å²) in [5.74, 6) is -1.51. The number of amides is 2. The molecular formula is C11H12N2O4S. The monoisotopic (exact) mass is 268 g/mol. The highest BCUT2D eigenvalue weighted by molar-refractivity contribution is 7.09. The summed E-state index contributed by atoms with van der Waals surface area (Å²) < 4.78 is 0. The van der Waals surface area contributed by atoms with Crippen LogP contribution in [-0.2, 0) is 16.1 Å². The molecule has 0 spiro atoms. The molecule has 1 saturated heterocycles. The molecule has 0 aromatic carbocycles. The topological polar surface area (TPSA) is 87.6 Å². The lowest BCUT2D eigenvalue weighted by molar-refractivity contribution is -0.144. The van der Waals surface area contributed by atoms with Crippen molar-refractivity contribution in [2.75, 3.05) is 0 Å². The highest BCUT2D eigenvalue weighted by atomic mass is 32.1. The fraction of sp³-hybridized carbons (Fsp3) is 0.455. The second-order valence-electron chi connectivity index (χ2n) is 4.01. The molecule has 0 aliphatic carbocycles. The number of hydrogen-bond donors (Lipinski definition) is 1. The van der Waals surface area contributed by atoms with Crippen LogP contribution < -0.4 is 0 Å². The Morgan fingerprint density at radius 1 is 1.33 bits per heavy atom. The molecule has 1 aliphatic heterocycles. The highest BCUT2D eigenvalue weighted by Crippen LogP contribution is 2.18. The molecule has 1 fully saturated rings. The van der Waals surface area contributed by atoms with Gasteiger partial charge in [-0.1, -0.05) is 0 Å². The Hall–Kier alpha value is -1.76. The number of carboxylic acid groups (broad SMARTS) is 1. The van der Waals surface area contributed by atoms with E-state index in [1.807, 2.05) is 0 Å². The number of carbonyl (C=O) groups is 3. The SMILES string of the molecule is O=C(O)c1csc(CN2C(=O)CCCCC2=O)n1. The first kappa shape index (κ1) is 12.7. The van der Waals surface area contributed by atoms with Gasteiger partial charge in [0.2, 0.25) is 11.8 Å². The fourth-order valence-corrected chi connectivity index (χ4v) is 2.51. The molecule has 2 amide bonds. The van der Waals surface area contributed by atoms with E-state index in [9.17, 15) is 14.4 Å². The molecule has 0 radical (unpaired) electrons. The van der Waals surface area contributed by atoms with E-state index < -0.39 is 5.97 Å². The Morgan fingerprint density at radius 2 is 1.94 bits per heavy atom. The number of imide groups is 1. The number of rotatable bonds is 3.